The van der Waals surface area contributed by atoms with Gasteiger partial charge in [-0.2, -0.15) is 0 Å². The average Bonchev–Trinajstić information content (AvgIpc) is 1.90. The van der Waals surface area contributed by atoms with Crippen LogP contribution in [0.3, 0.4) is 0 Å². The summed E-state index contributed by atoms with van der Waals surface area (Å²) in [6, 6.07) is 2.17. The fourth-order valence-electron chi connectivity index (χ4n) is 13.6. The number of hydroxylamine groups is 1. The van der Waals surface area contributed by atoms with Crippen LogP contribution < -0.4 is 28.0 Å². The molecule has 4 amide bonds. The predicted octanol–water partition coefficient (Wildman–Crippen LogP) is 10.8. The van der Waals surface area contributed by atoms with E-state index in [0.29, 0.717) is 42.5 Å². The van der Waals surface area contributed by atoms with Crippen LogP contribution in [0.5, 0.6) is 0 Å². The molecule has 0 aromatic heterocycles. The largest absolute Gasteiger partial charge is 2.00 e. The van der Waals surface area contributed by atoms with Gasteiger partial charge in [-0.1, -0.05) is 36.5 Å². The fraction of sp³-hybridized carbons (Fsp3) is 0.710. The molecule has 10 aliphatic heterocycles. The molecule has 10 heterocycles. The van der Waals surface area contributed by atoms with Gasteiger partial charge in [0, 0.05) is 114 Å². The molecule has 0 radical (unpaired) electrons. The quantitative estimate of drug-likeness (QED) is 0.0238. The number of azide groups is 1. The van der Waals surface area contributed by atoms with E-state index in [1.165, 1.54) is 44.3 Å². The first-order chi connectivity index (χ1) is 40.3. The normalized spacial score (nSPS) is 27.7. The maximum atomic E-state index is 11.9. The summed E-state index contributed by atoms with van der Waals surface area (Å²) in [5, 5.41) is 17.5. The Morgan fingerprint density at radius 3 is 1.65 bits per heavy atom. The van der Waals surface area contributed by atoms with E-state index in [2.05, 4.69) is 148 Å². The second-order valence-corrected chi connectivity index (χ2v) is 29.3. The van der Waals surface area contributed by atoms with Gasteiger partial charge in [-0.15, -0.1) is 13.2 Å². The number of hydrogen-bond donors (Lipinski definition) is 2. The number of carbonyl (C=O) groups excluding carboxylic acids is 5. The van der Waals surface area contributed by atoms with Crippen molar-refractivity contribution in [2.45, 2.75) is 313 Å². The smallest absolute Gasteiger partial charge is 1.00 e. The third-order valence-corrected chi connectivity index (χ3v) is 18.4. The number of fused-ring (bicyclic) bond motifs is 3. The molecule has 498 valence electrons. The van der Waals surface area contributed by atoms with Crippen molar-refractivity contribution >= 4 is 76.0 Å². The van der Waals surface area contributed by atoms with Crippen molar-refractivity contribution in [2.75, 3.05) is 0 Å². The van der Waals surface area contributed by atoms with Crippen molar-refractivity contribution in [3.63, 3.8) is 0 Å². The molecule has 0 saturated carbocycles. The van der Waals surface area contributed by atoms with Crippen molar-refractivity contribution in [1.29, 1.82) is 0 Å². The number of halogens is 2. The van der Waals surface area contributed by atoms with Gasteiger partial charge in [-0.3, -0.25) is 29.0 Å². The Morgan fingerprint density at radius 1 is 0.753 bits per heavy atom. The van der Waals surface area contributed by atoms with Crippen LogP contribution in [0.4, 0.5) is 0 Å². The molecule has 20 heteroatoms. The number of likely N-dealkylation sites (tertiary alicyclic amines) is 1. The molecule has 7 fully saturated rings. The minimum Gasteiger partial charge on any atom is -1.00 e. The summed E-state index contributed by atoms with van der Waals surface area (Å²) in [6.07, 6.45) is 36.8. The molecule has 10 rings (SSSR count). The summed E-state index contributed by atoms with van der Waals surface area (Å²) in [6.45, 7) is 50.4. The molecule has 7 atom stereocenters. The van der Waals surface area contributed by atoms with E-state index < -0.39 is 5.24 Å². The van der Waals surface area contributed by atoms with Crippen LogP contribution in [0.15, 0.2) is 85.5 Å². The molecule has 3 N–H and O–H groups in total. The Labute approximate surface area is 569 Å². The van der Waals surface area contributed by atoms with Crippen LogP contribution >= 0.6 is 11.6 Å². The van der Waals surface area contributed by atoms with Gasteiger partial charge in [0.05, 0.1) is 5.54 Å². The number of aliphatic imine (C=N–C) groups is 1. The van der Waals surface area contributed by atoms with Crippen molar-refractivity contribution in [2.24, 2.45) is 15.8 Å². The number of nitrogens with one attached hydrogen (secondary N) is 1. The van der Waals surface area contributed by atoms with Crippen molar-refractivity contribution in [3.8, 4) is 0 Å². The van der Waals surface area contributed by atoms with E-state index in [1.807, 2.05) is 53.0 Å². The molecule has 0 bridgehead atoms. The number of allylic oxidation sites excluding steroid dienone is 2. The van der Waals surface area contributed by atoms with E-state index in [9.17, 15) is 29.2 Å². The number of nitrogens with two attached hydrogens (primary N) is 1. The van der Waals surface area contributed by atoms with E-state index in [0.717, 1.165) is 101 Å². The molecule has 0 aromatic rings. The molecule has 10 aliphatic rings. The summed E-state index contributed by atoms with van der Waals surface area (Å²) in [5.74, 6) is 0.644. The number of amides is 4. The molecule has 7 saturated heterocycles. The summed E-state index contributed by atoms with van der Waals surface area (Å²) in [5.41, 5.74) is 14.8. The molecular formula is C69H115BrClMgN11O6. The average molecular weight is 1330 g/mol. The van der Waals surface area contributed by atoms with Crippen molar-refractivity contribution in [1.82, 2.24) is 24.9 Å². The number of nitrogens with zero attached hydrogens (tertiary/aromatic N) is 9. The van der Waals surface area contributed by atoms with Crippen LogP contribution in [0.25, 0.3) is 10.4 Å². The minimum atomic E-state index is -0.509. The zero-order valence-corrected chi connectivity index (χ0v) is 61.1. The first-order valence-electron chi connectivity index (χ1n) is 31.8. The van der Waals surface area contributed by atoms with Crippen LogP contribution in [0.2, 0.25) is 0 Å². The Balaban J connectivity index is 0.00000100. The van der Waals surface area contributed by atoms with Gasteiger partial charge in [0.1, 0.15) is 0 Å². The first kappa shape index (κ1) is 84.8. The van der Waals surface area contributed by atoms with Gasteiger partial charge in [0.2, 0.25) is 28.9 Å². The van der Waals surface area contributed by atoms with Gasteiger partial charge in [0.15, 0.2) is 11.8 Å². The van der Waals surface area contributed by atoms with Crippen LogP contribution in [0.1, 0.15) is 232 Å². The van der Waals surface area contributed by atoms with Crippen LogP contribution in [-0.4, -0.2) is 170 Å². The zero-order chi connectivity index (χ0) is 66.4. The van der Waals surface area contributed by atoms with E-state index in [-0.39, 0.29) is 115 Å². The van der Waals surface area contributed by atoms with Crippen LogP contribution in [-0.2, 0) is 24.0 Å². The van der Waals surface area contributed by atoms with E-state index in [1.54, 1.807) is 12.3 Å². The standard InChI is InChI=1S/C12H19NO.C10H16N4O.C10H18N2O.C10H15NO.C9H17N.C6H11NO.C6H11N.C3H3ClO.C3H5.BrH.Mg/c1-5-7-10-8-9-12(3,4)13(10)11(14)6-2;1-10(2)4-3-8-5-7(12-13-11)6-9(15)14(8)10;1-10(2)4-3-8-5-7(11)6-9(13)12(8)10;1-10(2)7-6-8-4-3-5-9(12)11(8)10;1-4-5-8-6-7-9(2,3)10-8;1-6(2)4-3-5-7(6)8;1-6(2)4-3-5-7-6;1-2-3(4)5;1-3-2;;/h5-6,10H,1-2,7-9H2,3-4H3;7-8H,3-6H2,1-2H3;7-8H,3-6,11H2,1-2H3;3,5,8H,4,6-7H2,1-2H3;4,8,10H,1,5-7H2,2-3H3;5H,3-4H2,1-2H3;5H,3-4H2,1-2H3;2H,1H2;3H,1-2H2;1H;/q;;;;;;;;-1;;+2/p-1. The molecule has 89 heavy (non-hydrogen) atoms. The SMILES string of the molecule is C=CC(=O)Cl.C=CCC1CCC(C)(C)N1.C=CCC1CCC(C)(C)N1C(=O)C=C.C=C[CH2-].CC1(C)CCC2CC(N)CC(=O)N21.CC1(C)CCC2CC(N=[N+]=[N-])CC(=O)N21.CC1(C)CCC2CC=CC(=O)N21.CC1(C)CCC=N1.CC1(C)CCC=[N+]1[O-].[Br-].[Mg+2]. The van der Waals surface area contributed by atoms with Crippen molar-refractivity contribution in [3.05, 3.63) is 98.0 Å². The summed E-state index contributed by atoms with van der Waals surface area (Å²) in [4.78, 5) is 71.4. The molecule has 0 spiro atoms. The van der Waals surface area contributed by atoms with Gasteiger partial charge >= 0.3 is 23.1 Å². The molecule has 0 aromatic carbocycles. The molecule has 0 aliphatic carbocycles. The van der Waals surface area contributed by atoms with Crippen molar-refractivity contribution < 1.29 is 45.7 Å². The van der Waals surface area contributed by atoms with Gasteiger partial charge in [-0.05, 0) is 234 Å². The topological polar surface area (TPSA) is 224 Å². The third kappa shape index (κ3) is 27.1. The second-order valence-electron chi connectivity index (χ2n) is 28.9. The molecule has 7 unspecified atom stereocenters. The Kier molecular flexibility index (Phi) is 36.3. The Morgan fingerprint density at radius 2 is 1.26 bits per heavy atom. The number of carbonyl (C=O) groups is 5. The first-order valence-corrected chi connectivity index (χ1v) is 32.2. The fourth-order valence-corrected chi connectivity index (χ4v) is 13.6. The molecular weight excluding hydrogens is 1220 g/mol. The second kappa shape index (κ2) is 38.1. The van der Waals surface area contributed by atoms with E-state index in [4.69, 9.17) is 22.9 Å². The monoisotopic (exact) mass is 1330 g/mol. The maximum Gasteiger partial charge on any atom is 2.00 e. The number of rotatable bonds is 7. The third-order valence-electron chi connectivity index (χ3n) is 18.2. The van der Waals surface area contributed by atoms with Gasteiger partial charge in [-0.25, -0.2) is 24.3 Å². The predicted molar refractivity (Wildman–Crippen MR) is 366 cm³/mol. The van der Waals surface area contributed by atoms with E-state index >= 15 is 0 Å². The van der Waals surface area contributed by atoms with Gasteiger partial charge in [0.25, 0.3) is 0 Å². The minimum absolute atomic E-state index is 0. The Bertz CT molecular complexity index is 2500. The summed E-state index contributed by atoms with van der Waals surface area (Å²) < 4.78 is 1.05. The van der Waals surface area contributed by atoms with Crippen LogP contribution in [0, 0.1) is 12.1 Å². The summed E-state index contributed by atoms with van der Waals surface area (Å²) in [7, 11) is 0. The Hall–Kier alpha value is -4.23. The number of piperidine rings is 2. The molecule has 17 nitrogen and oxygen atoms in total. The maximum absolute atomic E-state index is 11.9. The van der Waals surface area contributed by atoms with Gasteiger partial charge < -0.3 is 52.8 Å². The number of hydrogen-bond acceptors (Lipinski definition) is 10. The zero-order valence-electron chi connectivity index (χ0n) is 57.3. The summed E-state index contributed by atoms with van der Waals surface area (Å²) >= 11 is 4.71.